The Hall–Kier alpha value is -4.08. The Morgan fingerprint density at radius 2 is 1.67 bits per heavy atom. The van der Waals surface area contributed by atoms with Gasteiger partial charge in [0.25, 0.3) is 5.91 Å². The summed E-state index contributed by atoms with van der Waals surface area (Å²) in [6.45, 7) is 1.85. The number of benzene rings is 2. The van der Waals surface area contributed by atoms with E-state index in [1.54, 1.807) is 25.1 Å². The molecule has 2 aromatic carbocycles. The molecule has 33 heavy (non-hydrogen) atoms. The van der Waals surface area contributed by atoms with E-state index >= 15 is 0 Å². The molecule has 3 rings (SSSR count). The summed E-state index contributed by atoms with van der Waals surface area (Å²) < 4.78 is 13.2. The minimum absolute atomic E-state index is 0.173. The van der Waals surface area contributed by atoms with Gasteiger partial charge in [-0.1, -0.05) is 24.3 Å². The van der Waals surface area contributed by atoms with Gasteiger partial charge in [0.1, 0.15) is 11.5 Å². The zero-order valence-electron chi connectivity index (χ0n) is 17.9. The lowest BCUT2D eigenvalue weighted by molar-refractivity contribution is 0.0924. The highest BCUT2D eigenvalue weighted by Crippen LogP contribution is 2.25. The largest absolute Gasteiger partial charge is 0.465 e. The van der Waals surface area contributed by atoms with E-state index in [1.165, 1.54) is 12.1 Å². The maximum Gasteiger partial charge on any atom is 0.404 e. The monoisotopic (exact) mass is 456 g/mol. The number of rotatable bonds is 9. The third-order valence-corrected chi connectivity index (χ3v) is 5.28. The van der Waals surface area contributed by atoms with Crippen LogP contribution >= 0.6 is 0 Å². The Kier molecular flexibility index (Phi) is 7.50. The number of carboxylic acid groups (broad SMARTS) is 2. The Morgan fingerprint density at radius 3 is 2.33 bits per heavy atom. The first-order chi connectivity index (χ1) is 15.7. The molecule has 3 amide bonds. The molecule has 0 saturated heterocycles. The molecule has 9 nitrogen and oxygen atoms in total. The summed E-state index contributed by atoms with van der Waals surface area (Å²) >= 11 is 0. The van der Waals surface area contributed by atoms with Gasteiger partial charge in [-0.2, -0.15) is 0 Å². The van der Waals surface area contributed by atoms with Crippen LogP contribution in [0.1, 0.15) is 30.3 Å². The summed E-state index contributed by atoms with van der Waals surface area (Å²) in [5.74, 6) is -0.718. The topological polar surface area (TPSA) is 144 Å². The van der Waals surface area contributed by atoms with Gasteiger partial charge in [-0.15, -0.1) is 0 Å². The fourth-order valence-electron chi connectivity index (χ4n) is 3.58. The van der Waals surface area contributed by atoms with Crippen molar-refractivity contribution in [3.63, 3.8) is 0 Å². The van der Waals surface area contributed by atoms with E-state index in [0.29, 0.717) is 18.5 Å². The van der Waals surface area contributed by atoms with Gasteiger partial charge in [0.2, 0.25) is 0 Å². The van der Waals surface area contributed by atoms with E-state index in [4.69, 9.17) is 10.2 Å². The molecule has 0 radical (unpaired) electrons. The van der Waals surface area contributed by atoms with Crippen molar-refractivity contribution in [2.24, 2.45) is 0 Å². The Labute approximate surface area is 189 Å². The SMILES string of the molecule is CC(NC(=O)c1cc2ccc(-c3ccc(F)cc3)cc2[nH]1)C(CCCNC(=O)O)NC(=O)O. The first-order valence-electron chi connectivity index (χ1n) is 10.4. The van der Waals surface area contributed by atoms with Crippen LogP contribution in [0.2, 0.25) is 0 Å². The molecular weight excluding hydrogens is 431 g/mol. The lowest BCUT2D eigenvalue weighted by atomic mass is 10.0. The number of H-pyrrole nitrogens is 1. The van der Waals surface area contributed by atoms with Gasteiger partial charge in [0, 0.05) is 23.5 Å². The number of hydrogen-bond acceptors (Lipinski definition) is 3. The molecule has 1 aromatic heterocycles. The molecule has 2 unspecified atom stereocenters. The highest BCUT2D eigenvalue weighted by Gasteiger charge is 2.22. The number of carbonyl (C=O) groups is 3. The van der Waals surface area contributed by atoms with Gasteiger partial charge >= 0.3 is 12.2 Å². The Balaban J connectivity index is 1.69. The summed E-state index contributed by atoms with van der Waals surface area (Å²) in [5.41, 5.74) is 2.75. The van der Waals surface area contributed by atoms with Gasteiger partial charge in [-0.25, -0.2) is 14.0 Å². The van der Waals surface area contributed by atoms with Gasteiger partial charge in [0.05, 0.1) is 6.04 Å². The number of halogens is 1. The zero-order chi connectivity index (χ0) is 24.0. The van der Waals surface area contributed by atoms with E-state index < -0.39 is 30.2 Å². The van der Waals surface area contributed by atoms with Crippen molar-refractivity contribution in [3.05, 3.63) is 60.0 Å². The van der Waals surface area contributed by atoms with Crippen LogP contribution in [-0.4, -0.2) is 51.9 Å². The van der Waals surface area contributed by atoms with Gasteiger partial charge in [0.15, 0.2) is 0 Å². The van der Waals surface area contributed by atoms with E-state index in [-0.39, 0.29) is 12.4 Å². The second kappa shape index (κ2) is 10.5. The molecule has 2 atom stereocenters. The van der Waals surface area contributed by atoms with Crippen LogP contribution in [0.15, 0.2) is 48.5 Å². The number of amides is 3. The molecular formula is C23H25FN4O5. The lowest BCUT2D eigenvalue weighted by Gasteiger charge is -2.24. The smallest absolute Gasteiger partial charge is 0.404 e. The fraction of sp³-hybridized carbons (Fsp3) is 0.261. The normalized spacial score (nSPS) is 12.7. The number of aromatic nitrogens is 1. The lowest BCUT2D eigenvalue weighted by Crippen LogP contribution is -2.50. The van der Waals surface area contributed by atoms with Crippen LogP contribution in [0.4, 0.5) is 14.0 Å². The zero-order valence-corrected chi connectivity index (χ0v) is 17.9. The molecule has 0 spiro atoms. The Morgan fingerprint density at radius 1 is 0.970 bits per heavy atom. The third kappa shape index (κ3) is 6.45. The van der Waals surface area contributed by atoms with E-state index in [2.05, 4.69) is 20.9 Å². The quantitative estimate of drug-likeness (QED) is 0.272. The van der Waals surface area contributed by atoms with E-state index in [1.807, 2.05) is 18.2 Å². The van der Waals surface area contributed by atoms with Crippen molar-refractivity contribution in [1.82, 2.24) is 20.9 Å². The van der Waals surface area contributed by atoms with Crippen LogP contribution in [0.3, 0.4) is 0 Å². The van der Waals surface area contributed by atoms with Gasteiger partial charge in [-0.05, 0) is 55.2 Å². The predicted molar refractivity (Wildman–Crippen MR) is 121 cm³/mol. The second-order valence-electron chi connectivity index (χ2n) is 7.68. The van der Waals surface area contributed by atoms with Crippen molar-refractivity contribution < 1.29 is 29.0 Å². The molecule has 6 N–H and O–H groups in total. The van der Waals surface area contributed by atoms with Crippen molar-refractivity contribution >= 4 is 29.0 Å². The second-order valence-corrected chi connectivity index (χ2v) is 7.68. The highest BCUT2D eigenvalue weighted by molar-refractivity contribution is 5.99. The molecule has 3 aromatic rings. The molecule has 10 heteroatoms. The van der Waals surface area contributed by atoms with E-state index in [0.717, 1.165) is 22.0 Å². The first-order valence-corrected chi connectivity index (χ1v) is 10.4. The molecule has 0 aliphatic rings. The summed E-state index contributed by atoms with van der Waals surface area (Å²) in [6, 6.07) is 12.3. The maximum atomic E-state index is 13.2. The minimum atomic E-state index is -1.23. The molecule has 0 aliphatic heterocycles. The first kappa shape index (κ1) is 23.6. The summed E-state index contributed by atoms with van der Waals surface area (Å²) in [5, 5.41) is 25.9. The van der Waals surface area contributed by atoms with Crippen LogP contribution in [0.5, 0.6) is 0 Å². The standard InChI is InChI=1S/C23H25FN4O5/c1-13(18(28-23(32)33)3-2-10-25-22(30)31)26-21(29)20-12-16-5-4-15(11-19(16)27-20)14-6-8-17(24)9-7-14/h4-9,11-13,18,25,27-28H,2-3,10H2,1H3,(H,26,29)(H,30,31)(H,32,33). The van der Waals surface area contributed by atoms with Crippen LogP contribution in [0, 0.1) is 5.82 Å². The fourth-order valence-corrected chi connectivity index (χ4v) is 3.58. The average Bonchev–Trinajstić information content (AvgIpc) is 3.19. The minimum Gasteiger partial charge on any atom is -0.465 e. The molecule has 0 aliphatic carbocycles. The number of hydrogen-bond donors (Lipinski definition) is 6. The summed E-state index contributed by atoms with van der Waals surface area (Å²) in [7, 11) is 0. The summed E-state index contributed by atoms with van der Waals surface area (Å²) in [4.78, 5) is 37.5. The van der Waals surface area contributed by atoms with E-state index in [9.17, 15) is 18.8 Å². The van der Waals surface area contributed by atoms with Crippen LogP contribution in [-0.2, 0) is 0 Å². The Bertz CT molecular complexity index is 1150. The van der Waals surface area contributed by atoms with Gasteiger partial charge < -0.3 is 31.1 Å². The van der Waals surface area contributed by atoms with Crippen LogP contribution in [0.25, 0.3) is 22.0 Å². The van der Waals surface area contributed by atoms with Gasteiger partial charge in [-0.3, -0.25) is 4.79 Å². The number of carbonyl (C=O) groups excluding carboxylic acids is 1. The van der Waals surface area contributed by atoms with Crippen LogP contribution < -0.4 is 16.0 Å². The van der Waals surface area contributed by atoms with Crippen molar-refractivity contribution in [1.29, 1.82) is 0 Å². The predicted octanol–water partition coefficient (Wildman–Crippen LogP) is 3.78. The maximum absolute atomic E-state index is 13.2. The van der Waals surface area contributed by atoms with Crippen molar-refractivity contribution in [2.75, 3.05) is 6.54 Å². The number of fused-ring (bicyclic) bond motifs is 1. The third-order valence-electron chi connectivity index (χ3n) is 5.28. The highest BCUT2D eigenvalue weighted by atomic mass is 19.1. The average molecular weight is 456 g/mol. The van der Waals surface area contributed by atoms with Crippen molar-refractivity contribution in [3.8, 4) is 11.1 Å². The molecule has 174 valence electrons. The molecule has 0 bridgehead atoms. The van der Waals surface area contributed by atoms with Crippen molar-refractivity contribution in [2.45, 2.75) is 31.8 Å². The summed E-state index contributed by atoms with van der Waals surface area (Å²) in [6.07, 6.45) is -1.65. The number of aromatic amines is 1. The molecule has 1 heterocycles. The molecule has 0 saturated carbocycles. The number of nitrogens with one attached hydrogen (secondary N) is 4. The molecule has 0 fully saturated rings.